The molecule has 0 aromatic heterocycles. The van der Waals surface area contributed by atoms with Gasteiger partial charge in [-0.25, -0.2) is 0 Å². The average Bonchev–Trinajstić information content (AvgIpc) is 2.47. The topological polar surface area (TPSA) is 35.5 Å². The monoisotopic (exact) mass is 554 g/mol. The standard InChI is InChI=1S/C18H25Br3O3Si/c1-10(2)25(11(3)4,12(5)6)24-13-7-14(19)16-15(8-13)23-9-18(20,21)17(16)22/h7-8,10-12H,9H2,1-6H3. The zero-order valence-corrected chi connectivity index (χ0v) is 21.2. The molecule has 0 unspecified atom stereocenters. The number of hydrogen-bond acceptors (Lipinski definition) is 3. The second-order valence-corrected chi connectivity index (χ2v) is 17.5. The number of fused-ring (bicyclic) bond motifs is 1. The van der Waals surface area contributed by atoms with Crippen molar-refractivity contribution in [2.24, 2.45) is 0 Å². The molecule has 1 aromatic rings. The van der Waals surface area contributed by atoms with Gasteiger partial charge in [0.05, 0.1) is 5.56 Å². The molecule has 0 atom stereocenters. The number of alkyl halides is 2. The zero-order chi connectivity index (χ0) is 19.2. The van der Waals surface area contributed by atoms with Gasteiger partial charge in [-0.2, -0.15) is 0 Å². The van der Waals surface area contributed by atoms with Crippen LogP contribution < -0.4 is 9.16 Å². The molecule has 0 amide bonds. The summed E-state index contributed by atoms with van der Waals surface area (Å²) in [4.78, 5) is 12.6. The second-order valence-electron chi connectivity index (χ2n) is 7.52. The number of hydrogen-bond donors (Lipinski definition) is 0. The van der Waals surface area contributed by atoms with Crippen LogP contribution in [-0.4, -0.2) is 23.9 Å². The van der Waals surface area contributed by atoms with Crippen molar-refractivity contribution in [3.63, 3.8) is 0 Å². The lowest BCUT2D eigenvalue weighted by molar-refractivity contribution is 0.0932. The Kier molecular flexibility index (Phi) is 6.56. The molecule has 25 heavy (non-hydrogen) atoms. The molecule has 1 aliphatic heterocycles. The van der Waals surface area contributed by atoms with E-state index in [9.17, 15) is 4.79 Å². The molecule has 0 radical (unpaired) electrons. The van der Waals surface area contributed by atoms with Gasteiger partial charge in [0.2, 0.25) is 0 Å². The highest BCUT2D eigenvalue weighted by Gasteiger charge is 2.47. The summed E-state index contributed by atoms with van der Waals surface area (Å²) in [5.41, 5.74) is 1.96. The fourth-order valence-electron chi connectivity index (χ4n) is 3.93. The Labute approximate surface area is 176 Å². The van der Waals surface area contributed by atoms with Gasteiger partial charge < -0.3 is 9.16 Å². The van der Waals surface area contributed by atoms with Crippen molar-refractivity contribution < 1.29 is 14.0 Å². The lowest BCUT2D eigenvalue weighted by Gasteiger charge is -2.42. The van der Waals surface area contributed by atoms with E-state index in [1.807, 2.05) is 12.1 Å². The van der Waals surface area contributed by atoms with Gasteiger partial charge in [-0.3, -0.25) is 4.79 Å². The van der Waals surface area contributed by atoms with E-state index < -0.39 is 11.6 Å². The second kappa shape index (κ2) is 7.64. The highest BCUT2D eigenvalue weighted by Crippen LogP contribution is 2.47. The van der Waals surface area contributed by atoms with Crippen LogP contribution in [0.25, 0.3) is 0 Å². The van der Waals surface area contributed by atoms with Gasteiger partial charge in [0.15, 0.2) is 9.02 Å². The van der Waals surface area contributed by atoms with Crippen molar-refractivity contribution >= 4 is 61.9 Å². The molecule has 0 N–H and O–H groups in total. The first-order valence-electron chi connectivity index (χ1n) is 8.51. The van der Waals surface area contributed by atoms with Gasteiger partial charge in [0.1, 0.15) is 18.1 Å². The number of halogens is 3. The SMILES string of the molecule is CC(C)[Si](Oc1cc(Br)c2c(c1)OCC(Br)(Br)C2=O)(C(C)C)C(C)C. The van der Waals surface area contributed by atoms with Crippen LogP contribution >= 0.6 is 47.8 Å². The van der Waals surface area contributed by atoms with E-state index in [-0.39, 0.29) is 12.4 Å². The fourth-order valence-corrected chi connectivity index (χ4v) is 10.4. The summed E-state index contributed by atoms with van der Waals surface area (Å²) in [7, 11) is -2.06. The fraction of sp³-hybridized carbons (Fsp3) is 0.611. The maximum atomic E-state index is 12.6. The van der Waals surface area contributed by atoms with Crippen molar-refractivity contribution in [1.29, 1.82) is 0 Å². The van der Waals surface area contributed by atoms with Crippen molar-refractivity contribution in [3.05, 3.63) is 22.2 Å². The van der Waals surface area contributed by atoms with Gasteiger partial charge >= 0.3 is 0 Å². The molecule has 0 fully saturated rings. The van der Waals surface area contributed by atoms with E-state index in [4.69, 9.17) is 9.16 Å². The Morgan fingerprint density at radius 2 is 1.60 bits per heavy atom. The molecular formula is C18H25Br3O3Si. The summed E-state index contributed by atoms with van der Waals surface area (Å²) in [5, 5.41) is 0. The third kappa shape index (κ3) is 3.89. The van der Waals surface area contributed by atoms with E-state index in [0.29, 0.717) is 32.4 Å². The lowest BCUT2D eigenvalue weighted by atomic mass is 10.0. The summed E-state index contributed by atoms with van der Waals surface area (Å²) in [6.45, 7) is 13.8. The third-order valence-electron chi connectivity index (χ3n) is 5.00. The zero-order valence-electron chi connectivity index (χ0n) is 15.5. The molecule has 1 aromatic carbocycles. The molecule has 0 saturated carbocycles. The number of ether oxygens (including phenoxy) is 1. The van der Waals surface area contributed by atoms with Crippen LogP contribution in [0.1, 0.15) is 51.9 Å². The highest BCUT2D eigenvalue weighted by atomic mass is 79.9. The average molecular weight is 557 g/mol. The minimum Gasteiger partial charge on any atom is -0.543 e. The molecule has 2 rings (SSSR count). The van der Waals surface area contributed by atoms with E-state index in [1.54, 1.807) is 0 Å². The first-order valence-corrected chi connectivity index (χ1v) is 13.0. The number of benzene rings is 1. The normalized spacial score (nSPS) is 17.0. The lowest BCUT2D eigenvalue weighted by Crippen LogP contribution is -2.50. The molecule has 7 heteroatoms. The highest BCUT2D eigenvalue weighted by molar-refractivity contribution is 9.26. The van der Waals surface area contributed by atoms with Crippen molar-refractivity contribution in [2.75, 3.05) is 6.61 Å². The van der Waals surface area contributed by atoms with Crippen LogP contribution in [-0.2, 0) is 0 Å². The summed E-state index contributed by atoms with van der Waals surface area (Å²) >= 11 is 10.3. The summed E-state index contributed by atoms with van der Waals surface area (Å²) in [6.07, 6.45) is 0. The number of rotatable bonds is 5. The third-order valence-corrected chi connectivity index (χ3v) is 12.8. The van der Waals surface area contributed by atoms with Gasteiger partial charge in [0, 0.05) is 10.5 Å². The van der Waals surface area contributed by atoms with E-state index in [2.05, 4.69) is 89.3 Å². The Bertz CT molecular complexity index is 650. The van der Waals surface area contributed by atoms with Gasteiger partial charge in [-0.1, -0.05) is 73.4 Å². The van der Waals surface area contributed by atoms with Gasteiger partial charge in [-0.05, 0) is 38.6 Å². The van der Waals surface area contributed by atoms with E-state index in [1.165, 1.54) is 0 Å². The maximum Gasteiger partial charge on any atom is 0.258 e. The minimum atomic E-state index is -2.06. The van der Waals surface area contributed by atoms with Gasteiger partial charge in [0.25, 0.3) is 8.32 Å². The first-order chi connectivity index (χ1) is 11.4. The molecule has 0 aliphatic carbocycles. The minimum absolute atomic E-state index is 0.0488. The van der Waals surface area contributed by atoms with Crippen LogP contribution in [0.4, 0.5) is 0 Å². The first kappa shape index (κ1) is 21.4. The molecule has 1 heterocycles. The van der Waals surface area contributed by atoms with E-state index >= 15 is 0 Å². The molecule has 140 valence electrons. The molecule has 0 spiro atoms. The van der Waals surface area contributed by atoms with Crippen LogP contribution in [0, 0.1) is 0 Å². The van der Waals surface area contributed by atoms with Crippen molar-refractivity contribution in [3.8, 4) is 11.5 Å². The predicted molar refractivity (Wildman–Crippen MR) is 116 cm³/mol. The summed E-state index contributed by atoms with van der Waals surface area (Å²) in [5.74, 6) is 1.30. The molecule has 0 bridgehead atoms. The Morgan fingerprint density at radius 1 is 1.08 bits per heavy atom. The smallest absolute Gasteiger partial charge is 0.258 e. The summed E-state index contributed by atoms with van der Waals surface area (Å²) < 4.78 is 12.4. The summed E-state index contributed by atoms with van der Waals surface area (Å²) in [6, 6.07) is 3.76. The number of Topliss-reactive ketones (excluding diaryl/α,β-unsaturated/α-hetero) is 1. The van der Waals surface area contributed by atoms with Crippen LogP contribution in [0.3, 0.4) is 0 Å². The largest absolute Gasteiger partial charge is 0.543 e. The molecular weight excluding hydrogens is 532 g/mol. The van der Waals surface area contributed by atoms with Gasteiger partial charge in [-0.15, -0.1) is 0 Å². The molecule has 1 aliphatic rings. The van der Waals surface area contributed by atoms with Crippen LogP contribution in [0.15, 0.2) is 16.6 Å². The van der Waals surface area contributed by atoms with Crippen LogP contribution in [0.2, 0.25) is 16.6 Å². The Balaban J connectivity index is 2.49. The number of carbonyl (C=O) groups excluding carboxylic acids is 1. The number of ketones is 1. The van der Waals surface area contributed by atoms with Crippen molar-refractivity contribution in [1.82, 2.24) is 0 Å². The van der Waals surface area contributed by atoms with Crippen molar-refractivity contribution in [2.45, 2.75) is 61.4 Å². The van der Waals surface area contributed by atoms with Crippen LogP contribution in [0.5, 0.6) is 11.5 Å². The maximum absolute atomic E-state index is 12.6. The molecule has 3 nitrogen and oxygen atoms in total. The number of carbonyl (C=O) groups is 1. The Hall–Kier alpha value is 0.147. The quantitative estimate of drug-likeness (QED) is 0.287. The molecule has 0 saturated heterocycles. The Morgan fingerprint density at radius 3 is 2.08 bits per heavy atom. The van der Waals surface area contributed by atoms with E-state index in [0.717, 1.165) is 5.75 Å². The predicted octanol–water partition coefficient (Wildman–Crippen LogP) is 7.06.